The molecule has 0 saturated carbocycles. The number of H-pyrrole nitrogens is 1. The van der Waals surface area contributed by atoms with E-state index in [0.717, 1.165) is 24.1 Å². The molecule has 0 saturated heterocycles. The molecule has 0 radical (unpaired) electrons. The fraction of sp³-hybridized carbons (Fsp3) is 0.409. The van der Waals surface area contributed by atoms with E-state index >= 15 is 0 Å². The van der Waals surface area contributed by atoms with Crippen molar-refractivity contribution in [3.05, 3.63) is 64.7 Å². The molecule has 1 aliphatic heterocycles. The zero-order chi connectivity index (χ0) is 21.2. The molecule has 1 aromatic carbocycles. The van der Waals surface area contributed by atoms with Gasteiger partial charge in [0.15, 0.2) is 0 Å². The van der Waals surface area contributed by atoms with Crippen molar-refractivity contribution >= 4 is 11.9 Å². The number of aromatic nitrogens is 5. The van der Waals surface area contributed by atoms with Crippen molar-refractivity contribution in [2.24, 2.45) is 0 Å². The van der Waals surface area contributed by atoms with Crippen LogP contribution in [0.2, 0.25) is 0 Å². The molecule has 1 atom stereocenters. The second-order valence-electron chi connectivity index (χ2n) is 8.22. The lowest BCUT2D eigenvalue weighted by Crippen LogP contribution is -2.29. The molecule has 3 heterocycles. The van der Waals surface area contributed by atoms with Gasteiger partial charge in [-0.3, -0.25) is 9.89 Å². The summed E-state index contributed by atoms with van der Waals surface area (Å²) in [6.45, 7) is 3.27. The van der Waals surface area contributed by atoms with E-state index in [9.17, 15) is 4.79 Å². The highest BCUT2D eigenvalue weighted by Gasteiger charge is 2.27. The molecule has 1 unspecified atom stereocenters. The van der Waals surface area contributed by atoms with Gasteiger partial charge in [0.05, 0.1) is 31.4 Å². The lowest BCUT2D eigenvalue weighted by molar-refractivity contribution is -0.134. The number of benzene rings is 1. The Balaban J connectivity index is 1.14. The Kier molecular flexibility index (Phi) is 5.33. The third-order valence-corrected chi connectivity index (χ3v) is 5.84. The first-order valence-electron chi connectivity index (χ1n) is 10.6. The fourth-order valence-electron chi connectivity index (χ4n) is 4.20. The maximum atomic E-state index is 12.7. The number of fused-ring (bicyclic) bond motifs is 2. The Morgan fingerprint density at radius 1 is 1.26 bits per heavy atom. The van der Waals surface area contributed by atoms with E-state index in [-0.39, 0.29) is 12.0 Å². The fourth-order valence-corrected chi connectivity index (χ4v) is 4.20. The summed E-state index contributed by atoms with van der Waals surface area (Å²) in [7, 11) is 0. The van der Waals surface area contributed by atoms with Crippen LogP contribution in [0.5, 0.6) is 0 Å². The van der Waals surface area contributed by atoms with Gasteiger partial charge in [-0.15, -0.1) is 5.10 Å². The van der Waals surface area contributed by atoms with Crippen LogP contribution in [0, 0.1) is 0 Å². The van der Waals surface area contributed by atoms with Gasteiger partial charge in [-0.2, -0.15) is 0 Å². The number of carbonyl (C=O) groups is 1. The normalized spacial score (nSPS) is 16.2. The number of hydrogen-bond donors (Lipinski definition) is 2. The van der Waals surface area contributed by atoms with Crippen LogP contribution in [-0.4, -0.2) is 48.3 Å². The van der Waals surface area contributed by atoms with Gasteiger partial charge in [-0.1, -0.05) is 29.5 Å². The molecule has 0 bridgehead atoms. The Morgan fingerprint density at radius 3 is 2.81 bits per heavy atom. The average molecular weight is 419 g/mol. The highest BCUT2D eigenvalue weighted by molar-refractivity contribution is 5.77. The molecule has 0 spiro atoms. The quantitative estimate of drug-likeness (QED) is 0.603. The van der Waals surface area contributed by atoms with E-state index in [1.165, 1.54) is 11.1 Å². The Bertz CT molecular complexity index is 1040. The second kappa shape index (κ2) is 8.43. The van der Waals surface area contributed by atoms with Crippen molar-refractivity contribution in [3.8, 4) is 0 Å². The first-order valence-corrected chi connectivity index (χ1v) is 10.6. The van der Waals surface area contributed by atoms with Crippen LogP contribution < -0.4 is 5.32 Å². The van der Waals surface area contributed by atoms with E-state index in [4.69, 9.17) is 9.72 Å². The molecule has 3 aromatic rings. The molecule has 1 amide bonds. The summed E-state index contributed by atoms with van der Waals surface area (Å²) in [4.78, 5) is 23.7. The van der Waals surface area contributed by atoms with E-state index in [1.54, 1.807) is 6.20 Å². The third kappa shape index (κ3) is 4.41. The average Bonchev–Trinajstić information content (AvgIpc) is 3.50. The Labute approximate surface area is 180 Å². The summed E-state index contributed by atoms with van der Waals surface area (Å²) in [6, 6.07) is 8.83. The van der Waals surface area contributed by atoms with Gasteiger partial charge in [0.1, 0.15) is 5.69 Å². The SMILES string of the molecule is CC(CC(=O)N1Cc2cnc(NC3Cc4ccccc4C3)nc2C1)OCc1c[nH]nn1. The van der Waals surface area contributed by atoms with E-state index in [0.29, 0.717) is 43.8 Å². The lowest BCUT2D eigenvalue weighted by atomic mass is 10.1. The number of anilines is 1. The summed E-state index contributed by atoms with van der Waals surface area (Å²) in [5.41, 5.74) is 5.41. The zero-order valence-electron chi connectivity index (χ0n) is 17.4. The van der Waals surface area contributed by atoms with Crippen molar-refractivity contribution in [3.63, 3.8) is 0 Å². The van der Waals surface area contributed by atoms with Crippen molar-refractivity contribution in [2.75, 3.05) is 5.32 Å². The minimum Gasteiger partial charge on any atom is -0.372 e. The topological polar surface area (TPSA) is 109 Å². The van der Waals surface area contributed by atoms with Crippen molar-refractivity contribution < 1.29 is 9.53 Å². The van der Waals surface area contributed by atoms with Crippen LogP contribution in [-0.2, 0) is 42.1 Å². The molecule has 9 nitrogen and oxygen atoms in total. The molecule has 160 valence electrons. The van der Waals surface area contributed by atoms with Gasteiger partial charge >= 0.3 is 0 Å². The van der Waals surface area contributed by atoms with E-state index < -0.39 is 0 Å². The van der Waals surface area contributed by atoms with Crippen LogP contribution in [0.15, 0.2) is 36.7 Å². The van der Waals surface area contributed by atoms with Gasteiger partial charge in [0.2, 0.25) is 11.9 Å². The molecule has 2 aliphatic rings. The van der Waals surface area contributed by atoms with Gasteiger partial charge < -0.3 is 15.0 Å². The highest BCUT2D eigenvalue weighted by atomic mass is 16.5. The Hall–Kier alpha value is -3.33. The maximum Gasteiger partial charge on any atom is 0.225 e. The van der Waals surface area contributed by atoms with Crippen LogP contribution in [0.3, 0.4) is 0 Å². The molecule has 9 heteroatoms. The number of amides is 1. The molecule has 5 rings (SSSR count). The van der Waals surface area contributed by atoms with E-state index in [1.807, 2.05) is 18.0 Å². The molecule has 1 aliphatic carbocycles. The predicted molar refractivity (Wildman–Crippen MR) is 113 cm³/mol. The number of ether oxygens (including phenoxy) is 1. The molecule has 2 aromatic heterocycles. The van der Waals surface area contributed by atoms with Crippen LogP contribution in [0.1, 0.15) is 41.4 Å². The summed E-state index contributed by atoms with van der Waals surface area (Å²) >= 11 is 0. The second-order valence-corrected chi connectivity index (χ2v) is 8.22. The number of aromatic amines is 1. The van der Waals surface area contributed by atoms with Crippen LogP contribution >= 0.6 is 0 Å². The third-order valence-electron chi connectivity index (χ3n) is 5.84. The predicted octanol–water partition coefficient (Wildman–Crippen LogP) is 2.01. The van der Waals surface area contributed by atoms with Crippen molar-refractivity contribution in [1.29, 1.82) is 0 Å². The van der Waals surface area contributed by atoms with Crippen LogP contribution in [0.4, 0.5) is 5.95 Å². The van der Waals surface area contributed by atoms with Gasteiger partial charge in [0, 0.05) is 30.5 Å². The van der Waals surface area contributed by atoms with E-state index in [2.05, 4.69) is 50.0 Å². The highest BCUT2D eigenvalue weighted by Crippen LogP contribution is 2.26. The number of nitrogens with zero attached hydrogens (tertiary/aromatic N) is 5. The molecule has 31 heavy (non-hydrogen) atoms. The first kappa shape index (κ1) is 19.6. The first-order chi connectivity index (χ1) is 15.1. The minimum absolute atomic E-state index is 0.0476. The largest absolute Gasteiger partial charge is 0.372 e. The van der Waals surface area contributed by atoms with Crippen LogP contribution in [0.25, 0.3) is 0 Å². The van der Waals surface area contributed by atoms with Gasteiger partial charge in [-0.25, -0.2) is 9.97 Å². The number of rotatable bonds is 7. The van der Waals surface area contributed by atoms with Gasteiger partial charge in [0.25, 0.3) is 0 Å². The summed E-state index contributed by atoms with van der Waals surface area (Å²) < 4.78 is 5.71. The zero-order valence-corrected chi connectivity index (χ0v) is 17.4. The summed E-state index contributed by atoms with van der Waals surface area (Å²) in [6.07, 6.45) is 5.58. The van der Waals surface area contributed by atoms with Gasteiger partial charge in [-0.05, 0) is 30.9 Å². The molecule has 2 N–H and O–H groups in total. The molecular formula is C22H25N7O2. The maximum absolute atomic E-state index is 12.7. The summed E-state index contributed by atoms with van der Waals surface area (Å²) in [5, 5.41) is 13.6. The number of hydrogen-bond acceptors (Lipinski definition) is 7. The number of carbonyl (C=O) groups excluding carboxylic acids is 1. The number of nitrogens with one attached hydrogen (secondary N) is 2. The lowest BCUT2D eigenvalue weighted by Gasteiger charge is -2.18. The Morgan fingerprint density at radius 2 is 2.06 bits per heavy atom. The molecular weight excluding hydrogens is 394 g/mol. The molecule has 0 fully saturated rings. The summed E-state index contributed by atoms with van der Waals surface area (Å²) in [5.74, 6) is 0.682. The minimum atomic E-state index is -0.208. The monoisotopic (exact) mass is 419 g/mol. The smallest absolute Gasteiger partial charge is 0.225 e. The van der Waals surface area contributed by atoms with Crippen molar-refractivity contribution in [2.45, 2.75) is 58.0 Å². The van der Waals surface area contributed by atoms with Crippen molar-refractivity contribution in [1.82, 2.24) is 30.3 Å². The standard InChI is InChI=1S/C22H25N7O2/c1-14(31-13-19-10-24-28-27-19)6-21(30)29-11-17-9-23-22(26-20(17)12-29)25-18-7-15-4-2-3-5-16(15)8-18/h2-5,9-10,14,18H,6-8,11-13H2,1H3,(H,23,25,26)(H,24,27,28).